The number of urea groups is 1. The van der Waals surface area contributed by atoms with E-state index in [4.69, 9.17) is 15.2 Å². The SMILES string of the molecule is CC(OC(=O)CCN1C(=O)C(C)Oc2ccccc21)C(=O)NC(N)=O. The molecule has 1 aromatic carbocycles. The smallest absolute Gasteiger partial charge is 0.318 e. The Morgan fingerprint density at radius 3 is 2.72 bits per heavy atom. The van der Waals surface area contributed by atoms with Gasteiger partial charge in [0, 0.05) is 6.54 Å². The summed E-state index contributed by atoms with van der Waals surface area (Å²) in [6.07, 6.45) is -1.96. The van der Waals surface area contributed by atoms with E-state index in [0.717, 1.165) is 0 Å². The fourth-order valence-corrected chi connectivity index (χ4v) is 2.33. The van der Waals surface area contributed by atoms with Crippen molar-refractivity contribution in [1.29, 1.82) is 0 Å². The van der Waals surface area contributed by atoms with Gasteiger partial charge in [0.05, 0.1) is 12.1 Å². The Bertz CT molecular complexity index is 705. The number of fused-ring (bicyclic) bond motifs is 1. The third-order valence-corrected chi connectivity index (χ3v) is 3.54. The summed E-state index contributed by atoms with van der Waals surface area (Å²) >= 11 is 0. The van der Waals surface area contributed by atoms with Crippen LogP contribution in [0, 0.1) is 0 Å². The lowest BCUT2D eigenvalue weighted by Crippen LogP contribution is -2.45. The monoisotopic (exact) mass is 349 g/mol. The van der Waals surface area contributed by atoms with Crippen LogP contribution in [0.2, 0.25) is 0 Å². The minimum atomic E-state index is -1.17. The number of esters is 1. The first-order valence-corrected chi connectivity index (χ1v) is 7.66. The van der Waals surface area contributed by atoms with Crippen LogP contribution >= 0.6 is 0 Å². The van der Waals surface area contributed by atoms with Crippen molar-refractivity contribution in [3.8, 4) is 5.75 Å². The number of nitrogens with two attached hydrogens (primary N) is 1. The number of nitrogens with one attached hydrogen (secondary N) is 1. The summed E-state index contributed by atoms with van der Waals surface area (Å²) in [6.45, 7) is 3.01. The lowest BCUT2D eigenvalue weighted by molar-refractivity contribution is -0.154. The van der Waals surface area contributed by atoms with Crippen LogP contribution in [0.1, 0.15) is 20.3 Å². The molecule has 4 amide bonds. The molecule has 0 saturated heterocycles. The van der Waals surface area contributed by atoms with Gasteiger partial charge >= 0.3 is 12.0 Å². The van der Waals surface area contributed by atoms with Gasteiger partial charge in [-0.15, -0.1) is 0 Å². The van der Waals surface area contributed by atoms with Gasteiger partial charge in [-0.1, -0.05) is 12.1 Å². The van der Waals surface area contributed by atoms with E-state index in [0.29, 0.717) is 11.4 Å². The molecule has 9 heteroatoms. The Labute approximate surface area is 144 Å². The minimum absolute atomic E-state index is 0.0759. The van der Waals surface area contributed by atoms with Crippen molar-refractivity contribution < 1.29 is 28.7 Å². The van der Waals surface area contributed by atoms with Crippen molar-refractivity contribution >= 4 is 29.5 Å². The molecule has 9 nitrogen and oxygen atoms in total. The van der Waals surface area contributed by atoms with Crippen LogP contribution < -0.4 is 20.7 Å². The molecule has 0 spiro atoms. The number of nitrogens with zero attached hydrogens (tertiary/aromatic N) is 1. The third kappa shape index (κ3) is 4.46. The molecule has 1 aliphatic heterocycles. The summed E-state index contributed by atoms with van der Waals surface area (Å²) in [6, 6.07) is 5.96. The van der Waals surface area contributed by atoms with E-state index in [9.17, 15) is 19.2 Å². The molecular formula is C16H19N3O6. The molecule has 1 heterocycles. The molecule has 25 heavy (non-hydrogen) atoms. The van der Waals surface area contributed by atoms with Crippen molar-refractivity contribution in [2.24, 2.45) is 5.73 Å². The second kappa shape index (κ2) is 7.65. The number of hydrogen-bond donors (Lipinski definition) is 2. The molecule has 3 N–H and O–H groups in total. The number of imide groups is 1. The van der Waals surface area contributed by atoms with Crippen LogP contribution in [0.5, 0.6) is 5.75 Å². The number of hydrogen-bond acceptors (Lipinski definition) is 6. The lowest BCUT2D eigenvalue weighted by atomic mass is 10.2. The quantitative estimate of drug-likeness (QED) is 0.737. The van der Waals surface area contributed by atoms with Gasteiger partial charge in [-0.25, -0.2) is 4.79 Å². The normalized spacial score (nSPS) is 17.1. The molecule has 2 unspecified atom stereocenters. The first-order chi connectivity index (χ1) is 11.8. The molecule has 134 valence electrons. The molecule has 1 aliphatic rings. The Kier molecular flexibility index (Phi) is 5.58. The molecule has 0 bridgehead atoms. The second-order valence-electron chi connectivity index (χ2n) is 5.45. The van der Waals surface area contributed by atoms with Crippen molar-refractivity contribution in [3.63, 3.8) is 0 Å². The van der Waals surface area contributed by atoms with Gasteiger partial charge in [-0.05, 0) is 26.0 Å². The second-order valence-corrected chi connectivity index (χ2v) is 5.45. The predicted molar refractivity (Wildman–Crippen MR) is 86.8 cm³/mol. The van der Waals surface area contributed by atoms with Gasteiger partial charge in [0.25, 0.3) is 11.8 Å². The van der Waals surface area contributed by atoms with Crippen molar-refractivity contribution in [2.45, 2.75) is 32.5 Å². The molecule has 2 rings (SSSR count). The maximum absolute atomic E-state index is 12.3. The number of para-hydroxylation sites is 2. The average Bonchev–Trinajstić information content (AvgIpc) is 2.54. The number of ether oxygens (including phenoxy) is 2. The maximum atomic E-state index is 12.3. The lowest BCUT2D eigenvalue weighted by Gasteiger charge is -2.32. The largest absolute Gasteiger partial charge is 0.479 e. The predicted octanol–water partition coefficient (Wildman–Crippen LogP) is 0.317. The van der Waals surface area contributed by atoms with Gasteiger partial charge in [-0.3, -0.25) is 19.7 Å². The number of anilines is 1. The summed E-state index contributed by atoms with van der Waals surface area (Å²) in [5.41, 5.74) is 5.39. The van der Waals surface area contributed by atoms with E-state index in [1.807, 2.05) is 5.32 Å². The highest BCUT2D eigenvalue weighted by atomic mass is 16.5. The summed E-state index contributed by atoms with van der Waals surface area (Å²) in [7, 11) is 0. The number of rotatable bonds is 5. The van der Waals surface area contributed by atoms with E-state index in [-0.39, 0.29) is 18.9 Å². The van der Waals surface area contributed by atoms with Crippen LogP contribution in [-0.4, -0.2) is 42.6 Å². The van der Waals surface area contributed by atoms with Gasteiger partial charge in [0.1, 0.15) is 5.75 Å². The minimum Gasteiger partial charge on any atom is -0.479 e. The summed E-state index contributed by atoms with van der Waals surface area (Å²) in [4.78, 5) is 47.7. The zero-order valence-corrected chi connectivity index (χ0v) is 13.9. The van der Waals surface area contributed by atoms with Crippen molar-refractivity contribution in [2.75, 3.05) is 11.4 Å². The van der Waals surface area contributed by atoms with E-state index in [2.05, 4.69) is 0 Å². The van der Waals surface area contributed by atoms with Crippen LogP contribution in [0.3, 0.4) is 0 Å². The zero-order chi connectivity index (χ0) is 18.6. The topological polar surface area (TPSA) is 128 Å². The Morgan fingerprint density at radius 2 is 2.04 bits per heavy atom. The molecule has 0 aromatic heterocycles. The molecule has 0 saturated carbocycles. The zero-order valence-electron chi connectivity index (χ0n) is 13.9. The Morgan fingerprint density at radius 1 is 1.36 bits per heavy atom. The van der Waals surface area contributed by atoms with Crippen LogP contribution in [0.4, 0.5) is 10.5 Å². The van der Waals surface area contributed by atoms with E-state index in [1.165, 1.54) is 11.8 Å². The van der Waals surface area contributed by atoms with Crippen molar-refractivity contribution in [1.82, 2.24) is 5.32 Å². The molecule has 0 radical (unpaired) electrons. The number of carbonyl (C=O) groups excluding carboxylic acids is 4. The number of primary amides is 1. The molecular weight excluding hydrogens is 330 g/mol. The van der Waals surface area contributed by atoms with Crippen LogP contribution in [0.25, 0.3) is 0 Å². The first-order valence-electron chi connectivity index (χ1n) is 7.66. The average molecular weight is 349 g/mol. The number of carbonyl (C=O) groups is 4. The molecule has 0 fully saturated rings. The first kappa shape index (κ1) is 18.2. The Balaban J connectivity index is 1.96. The van der Waals surface area contributed by atoms with Gasteiger partial charge in [-0.2, -0.15) is 0 Å². The number of benzene rings is 1. The molecule has 2 atom stereocenters. The van der Waals surface area contributed by atoms with Crippen molar-refractivity contribution in [3.05, 3.63) is 24.3 Å². The highest BCUT2D eigenvalue weighted by Gasteiger charge is 2.31. The van der Waals surface area contributed by atoms with Crippen LogP contribution in [0.15, 0.2) is 24.3 Å². The van der Waals surface area contributed by atoms with Gasteiger partial charge < -0.3 is 20.1 Å². The van der Waals surface area contributed by atoms with Gasteiger partial charge in [0.15, 0.2) is 12.2 Å². The van der Waals surface area contributed by atoms with Crippen LogP contribution in [-0.2, 0) is 19.1 Å². The highest BCUT2D eigenvalue weighted by Crippen LogP contribution is 2.33. The summed E-state index contributed by atoms with van der Waals surface area (Å²) in [5, 5.41) is 1.82. The number of amides is 4. The van der Waals surface area contributed by atoms with E-state index in [1.54, 1.807) is 31.2 Å². The molecule has 0 aliphatic carbocycles. The standard InChI is InChI=1S/C16H19N3O6/c1-9(14(21)18-16(17)23)25-13(20)7-8-19-11-5-3-4-6-12(11)24-10(2)15(19)22/h3-6,9-10H,7-8H2,1-2H3,(H3,17,18,21,23). The third-order valence-electron chi connectivity index (χ3n) is 3.54. The fraction of sp³-hybridized carbons (Fsp3) is 0.375. The Hall–Kier alpha value is -3.10. The maximum Gasteiger partial charge on any atom is 0.318 e. The van der Waals surface area contributed by atoms with E-state index >= 15 is 0 Å². The summed E-state index contributed by atoms with van der Waals surface area (Å²) in [5.74, 6) is -1.22. The van der Waals surface area contributed by atoms with E-state index < -0.39 is 30.1 Å². The summed E-state index contributed by atoms with van der Waals surface area (Å²) < 4.78 is 10.4. The fourth-order valence-electron chi connectivity index (χ4n) is 2.33. The molecule has 1 aromatic rings. The highest BCUT2D eigenvalue weighted by molar-refractivity contribution is 6.00. The van der Waals surface area contributed by atoms with Gasteiger partial charge in [0.2, 0.25) is 0 Å².